The summed E-state index contributed by atoms with van der Waals surface area (Å²) in [4.78, 5) is 14.4. The molecule has 1 amide bonds. The highest BCUT2D eigenvalue weighted by Crippen LogP contribution is 2.38. The number of halogens is 2. The highest BCUT2D eigenvalue weighted by atomic mass is 35.5. The van der Waals surface area contributed by atoms with Crippen LogP contribution in [-0.2, 0) is 4.79 Å². The SMILES string of the molecule is C=C(N)c1cccc(N2C[C@@H](c3ccc(Cl)c(Oc4c(F)cccc4C#N)c3)CC2=O)c1. The molecule has 1 aliphatic heterocycles. The van der Waals surface area contributed by atoms with Crippen LogP contribution in [0.5, 0.6) is 11.5 Å². The highest BCUT2D eigenvalue weighted by molar-refractivity contribution is 6.32. The van der Waals surface area contributed by atoms with E-state index in [4.69, 9.17) is 22.1 Å². The van der Waals surface area contributed by atoms with E-state index in [1.165, 1.54) is 18.2 Å². The van der Waals surface area contributed by atoms with Crippen molar-refractivity contribution < 1.29 is 13.9 Å². The fourth-order valence-corrected chi connectivity index (χ4v) is 3.87. The molecule has 160 valence electrons. The second-order valence-corrected chi connectivity index (χ2v) is 7.91. The first kappa shape index (κ1) is 21.4. The van der Waals surface area contributed by atoms with Gasteiger partial charge in [0.05, 0.1) is 10.6 Å². The number of anilines is 1. The van der Waals surface area contributed by atoms with Gasteiger partial charge < -0.3 is 15.4 Å². The average molecular weight is 448 g/mol. The van der Waals surface area contributed by atoms with Crippen molar-refractivity contribution in [3.63, 3.8) is 0 Å². The third kappa shape index (κ3) is 4.16. The first-order valence-electron chi connectivity index (χ1n) is 9.88. The smallest absolute Gasteiger partial charge is 0.227 e. The zero-order valence-corrected chi connectivity index (χ0v) is 17.8. The Balaban J connectivity index is 1.61. The van der Waals surface area contributed by atoms with Crippen LogP contribution >= 0.6 is 11.6 Å². The molecular weight excluding hydrogens is 429 g/mol. The van der Waals surface area contributed by atoms with Gasteiger partial charge in [-0.2, -0.15) is 5.26 Å². The first-order valence-corrected chi connectivity index (χ1v) is 10.3. The van der Waals surface area contributed by atoms with Crippen LogP contribution in [0.1, 0.15) is 29.0 Å². The number of hydrogen-bond acceptors (Lipinski definition) is 4. The number of hydrogen-bond donors (Lipinski definition) is 1. The van der Waals surface area contributed by atoms with Crippen LogP contribution in [0.15, 0.2) is 67.2 Å². The lowest BCUT2D eigenvalue weighted by Gasteiger charge is -2.18. The number of rotatable bonds is 5. The number of amides is 1. The summed E-state index contributed by atoms with van der Waals surface area (Å²) in [6.45, 7) is 4.21. The van der Waals surface area contributed by atoms with Gasteiger partial charge in [-0.3, -0.25) is 4.79 Å². The molecule has 3 aromatic rings. The second-order valence-electron chi connectivity index (χ2n) is 7.50. The predicted molar refractivity (Wildman–Crippen MR) is 122 cm³/mol. The van der Waals surface area contributed by atoms with Crippen molar-refractivity contribution in [3.8, 4) is 17.6 Å². The van der Waals surface area contributed by atoms with Crippen molar-refractivity contribution in [3.05, 3.63) is 94.8 Å². The van der Waals surface area contributed by atoms with E-state index >= 15 is 0 Å². The van der Waals surface area contributed by atoms with E-state index in [1.807, 2.05) is 36.4 Å². The Morgan fingerprint density at radius 1 is 1.22 bits per heavy atom. The lowest BCUT2D eigenvalue weighted by Crippen LogP contribution is -2.24. The normalized spacial score (nSPS) is 15.5. The summed E-state index contributed by atoms with van der Waals surface area (Å²) in [6.07, 6.45) is 0.304. The molecule has 0 bridgehead atoms. The van der Waals surface area contributed by atoms with Gasteiger partial charge in [-0.05, 0) is 47.5 Å². The highest BCUT2D eigenvalue weighted by Gasteiger charge is 2.32. The maximum absolute atomic E-state index is 14.2. The average Bonchev–Trinajstić information content (AvgIpc) is 3.18. The molecule has 0 aliphatic carbocycles. The standard InChI is InChI=1S/C25H19ClFN3O2/c1-15(29)16-4-2-6-20(10-16)30-14-19(12-24(30)31)17-8-9-21(26)23(11-17)32-25-18(13-28)5-3-7-22(25)27/h2-11,19H,1,12,14,29H2/t19-/m0/s1. The molecule has 0 aromatic heterocycles. The zero-order chi connectivity index (χ0) is 22.8. The predicted octanol–water partition coefficient (Wildman–Crippen LogP) is 5.59. The van der Waals surface area contributed by atoms with Crippen LogP contribution in [0.2, 0.25) is 5.02 Å². The van der Waals surface area contributed by atoms with Crippen molar-refractivity contribution in [2.75, 3.05) is 11.4 Å². The van der Waals surface area contributed by atoms with Gasteiger partial charge in [0.2, 0.25) is 5.91 Å². The molecule has 0 spiro atoms. The minimum Gasteiger partial charge on any atom is -0.451 e. The van der Waals surface area contributed by atoms with Crippen LogP contribution in [0.25, 0.3) is 5.70 Å². The van der Waals surface area contributed by atoms with Crippen LogP contribution < -0.4 is 15.4 Å². The van der Waals surface area contributed by atoms with Gasteiger partial charge in [0.15, 0.2) is 11.6 Å². The quantitative estimate of drug-likeness (QED) is 0.552. The molecule has 1 fully saturated rings. The minimum atomic E-state index is -0.658. The molecule has 4 rings (SSSR count). The van der Waals surface area contributed by atoms with Gasteiger partial charge in [-0.25, -0.2) is 4.39 Å². The summed E-state index contributed by atoms with van der Waals surface area (Å²) < 4.78 is 19.9. The number of nitrogens with zero attached hydrogens (tertiary/aromatic N) is 2. The minimum absolute atomic E-state index is 0.0203. The number of carbonyl (C=O) groups is 1. The molecule has 1 heterocycles. The number of para-hydroxylation sites is 1. The van der Waals surface area contributed by atoms with Gasteiger partial charge in [0, 0.05) is 30.3 Å². The van der Waals surface area contributed by atoms with E-state index in [-0.39, 0.29) is 33.9 Å². The number of nitriles is 1. The molecule has 5 nitrogen and oxygen atoms in total. The Morgan fingerprint density at radius 2 is 2.00 bits per heavy atom. The van der Waals surface area contributed by atoms with Crippen LogP contribution in [0.3, 0.4) is 0 Å². The lowest BCUT2D eigenvalue weighted by atomic mass is 9.98. The van der Waals surface area contributed by atoms with E-state index in [2.05, 4.69) is 6.58 Å². The van der Waals surface area contributed by atoms with E-state index in [0.29, 0.717) is 18.7 Å². The number of carbonyl (C=O) groups excluding carboxylic acids is 1. The van der Waals surface area contributed by atoms with E-state index in [0.717, 1.165) is 16.8 Å². The Bertz CT molecular complexity index is 1270. The fraction of sp³-hybridized carbons (Fsp3) is 0.120. The Morgan fingerprint density at radius 3 is 2.75 bits per heavy atom. The first-order chi connectivity index (χ1) is 15.4. The molecule has 0 unspecified atom stereocenters. The summed E-state index contributed by atoms with van der Waals surface area (Å²) in [5.41, 5.74) is 8.62. The fourth-order valence-electron chi connectivity index (χ4n) is 3.72. The van der Waals surface area contributed by atoms with Gasteiger partial charge in [-0.1, -0.05) is 42.4 Å². The summed E-state index contributed by atoms with van der Waals surface area (Å²) in [5, 5.41) is 9.53. The molecular formula is C25H19ClFN3O2. The largest absolute Gasteiger partial charge is 0.451 e. The van der Waals surface area contributed by atoms with Gasteiger partial charge in [-0.15, -0.1) is 0 Å². The molecule has 7 heteroatoms. The summed E-state index contributed by atoms with van der Waals surface area (Å²) in [6, 6.07) is 18.5. The summed E-state index contributed by atoms with van der Waals surface area (Å²) in [5.74, 6) is -0.750. The number of nitrogens with two attached hydrogens (primary N) is 1. The third-order valence-corrected chi connectivity index (χ3v) is 5.69. The molecule has 1 saturated heterocycles. The maximum Gasteiger partial charge on any atom is 0.227 e. The van der Waals surface area contributed by atoms with E-state index < -0.39 is 5.82 Å². The summed E-state index contributed by atoms with van der Waals surface area (Å²) >= 11 is 6.27. The number of ether oxygens (including phenoxy) is 1. The summed E-state index contributed by atoms with van der Waals surface area (Å²) in [7, 11) is 0. The lowest BCUT2D eigenvalue weighted by molar-refractivity contribution is -0.117. The number of benzene rings is 3. The van der Waals surface area contributed by atoms with E-state index in [9.17, 15) is 14.4 Å². The molecule has 32 heavy (non-hydrogen) atoms. The maximum atomic E-state index is 14.2. The van der Waals surface area contributed by atoms with Crippen molar-refractivity contribution in [2.45, 2.75) is 12.3 Å². The van der Waals surface area contributed by atoms with Gasteiger partial charge in [0.1, 0.15) is 11.8 Å². The monoisotopic (exact) mass is 447 g/mol. The van der Waals surface area contributed by atoms with Gasteiger partial charge >= 0.3 is 0 Å². The van der Waals surface area contributed by atoms with Crippen LogP contribution in [0, 0.1) is 17.1 Å². The van der Waals surface area contributed by atoms with Crippen LogP contribution in [-0.4, -0.2) is 12.5 Å². The molecule has 2 N–H and O–H groups in total. The molecule has 0 saturated carbocycles. The van der Waals surface area contributed by atoms with Crippen molar-refractivity contribution in [2.24, 2.45) is 5.73 Å². The van der Waals surface area contributed by atoms with Crippen molar-refractivity contribution in [1.29, 1.82) is 5.26 Å². The molecule has 1 atom stereocenters. The van der Waals surface area contributed by atoms with E-state index in [1.54, 1.807) is 17.0 Å². The second kappa shape index (κ2) is 8.74. The zero-order valence-electron chi connectivity index (χ0n) is 17.0. The molecule has 3 aromatic carbocycles. The molecule has 1 aliphatic rings. The topological polar surface area (TPSA) is 79.3 Å². The van der Waals surface area contributed by atoms with Gasteiger partial charge in [0.25, 0.3) is 0 Å². The Hall–Kier alpha value is -3.82. The Kier molecular flexibility index (Phi) is 5.85. The Labute approximate surface area is 190 Å². The van der Waals surface area contributed by atoms with Crippen LogP contribution in [0.4, 0.5) is 10.1 Å². The third-order valence-electron chi connectivity index (χ3n) is 5.38. The van der Waals surface area contributed by atoms with Crippen molar-refractivity contribution >= 4 is 28.9 Å². The molecule has 0 radical (unpaired) electrons. The van der Waals surface area contributed by atoms with Crippen molar-refractivity contribution in [1.82, 2.24) is 0 Å².